The van der Waals surface area contributed by atoms with Crippen LogP contribution in [0.2, 0.25) is 0 Å². The van der Waals surface area contributed by atoms with E-state index >= 15 is 0 Å². The number of carbonyl (C=O) groups is 2. The van der Waals surface area contributed by atoms with E-state index in [-0.39, 0.29) is 11.7 Å². The number of aryl methyl sites for hydroxylation is 1. The molecule has 2 aromatic rings. The minimum absolute atomic E-state index is 0.0587. The highest BCUT2D eigenvalue weighted by Gasteiger charge is 2.26. The molecule has 1 aromatic heterocycles. The van der Waals surface area contributed by atoms with Gasteiger partial charge in [-0.05, 0) is 36.6 Å². The molecular weight excluding hydrogens is 276 g/mol. The smallest absolute Gasteiger partial charge is 0.254 e. The van der Waals surface area contributed by atoms with Gasteiger partial charge in [-0.3, -0.25) is 14.6 Å². The number of amides is 1. The highest BCUT2D eigenvalue weighted by molar-refractivity contribution is 6.05. The molecule has 0 fully saturated rings. The van der Waals surface area contributed by atoms with Gasteiger partial charge in [-0.25, -0.2) is 0 Å². The molecule has 0 atom stereocenters. The molecule has 0 N–H and O–H groups in total. The van der Waals surface area contributed by atoms with Crippen molar-refractivity contribution in [1.82, 2.24) is 9.88 Å². The summed E-state index contributed by atoms with van der Waals surface area (Å²) in [6.45, 7) is 2.45. The number of ketones is 1. The van der Waals surface area contributed by atoms with Crippen molar-refractivity contribution in [1.29, 1.82) is 0 Å². The summed E-state index contributed by atoms with van der Waals surface area (Å²) in [5.41, 5.74) is 4.19. The first-order valence-corrected chi connectivity index (χ1v) is 7.39. The van der Waals surface area contributed by atoms with Crippen LogP contribution in [-0.2, 0) is 13.0 Å². The summed E-state index contributed by atoms with van der Waals surface area (Å²) < 4.78 is 0. The highest BCUT2D eigenvalue weighted by atomic mass is 16.2. The van der Waals surface area contributed by atoms with Gasteiger partial charge in [-0.15, -0.1) is 0 Å². The van der Waals surface area contributed by atoms with E-state index in [2.05, 4.69) is 4.98 Å². The quantitative estimate of drug-likeness (QED) is 0.874. The van der Waals surface area contributed by atoms with Gasteiger partial charge >= 0.3 is 0 Å². The first-order valence-electron chi connectivity index (χ1n) is 7.39. The summed E-state index contributed by atoms with van der Waals surface area (Å²) in [6.07, 6.45) is 2.90. The fraction of sp³-hybridized carbons (Fsp3) is 0.278. The molecule has 0 saturated carbocycles. The molecule has 4 nitrogen and oxygen atoms in total. The normalized spacial score (nSPS) is 13.1. The van der Waals surface area contributed by atoms with E-state index in [0.717, 1.165) is 16.8 Å². The highest BCUT2D eigenvalue weighted by Crippen LogP contribution is 2.26. The van der Waals surface area contributed by atoms with Gasteiger partial charge in [0.15, 0.2) is 5.78 Å². The Morgan fingerprint density at radius 3 is 2.82 bits per heavy atom. The van der Waals surface area contributed by atoms with Crippen molar-refractivity contribution >= 4 is 11.7 Å². The number of hydrogen-bond donors (Lipinski definition) is 0. The standard InChI is InChI=1S/C18H18N2O2/c1-12-5-4-10-19-16(12)11-20(2)18(22)15-7-3-6-14-13(15)8-9-17(14)21/h3-7,10H,8-9,11H2,1-2H3. The molecule has 1 aliphatic rings. The first-order chi connectivity index (χ1) is 10.6. The Morgan fingerprint density at radius 2 is 2.05 bits per heavy atom. The largest absolute Gasteiger partial charge is 0.336 e. The summed E-state index contributed by atoms with van der Waals surface area (Å²) in [7, 11) is 1.77. The number of Topliss-reactive ketones (excluding diaryl/α,β-unsaturated/α-hetero) is 1. The molecule has 22 heavy (non-hydrogen) atoms. The Labute approximate surface area is 129 Å². The van der Waals surface area contributed by atoms with Crippen LogP contribution < -0.4 is 0 Å². The van der Waals surface area contributed by atoms with Crippen LogP contribution in [0.15, 0.2) is 36.5 Å². The van der Waals surface area contributed by atoms with E-state index in [1.165, 1.54) is 0 Å². The van der Waals surface area contributed by atoms with Crippen LogP contribution in [0.4, 0.5) is 0 Å². The van der Waals surface area contributed by atoms with Gasteiger partial charge in [0.2, 0.25) is 0 Å². The van der Waals surface area contributed by atoms with Crippen LogP contribution in [0.3, 0.4) is 0 Å². The predicted molar refractivity (Wildman–Crippen MR) is 83.9 cm³/mol. The second kappa shape index (κ2) is 5.72. The Balaban J connectivity index is 1.86. The molecular formula is C18H18N2O2. The Hall–Kier alpha value is -2.49. The lowest BCUT2D eigenvalue weighted by Gasteiger charge is -2.19. The predicted octanol–water partition coefficient (Wildman–Crippen LogP) is 2.79. The molecule has 0 radical (unpaired) electrons. The van der Waals surface area contributed by atoms with Gasteiger partial charge < -0.3 is 4.90 Å². The number of carbonyl (C=O) groups excluding carboxylic acids is 2. The monoisotopic (exact) mass is 294 g/mol. The number of aromatic nitrogens is 1. The molecule has 0 bridgehead atoms. The summed E-state index contributed by atoms with van der Waals surface area (Å²) in [5.74, 6) is 0.0736. The van der Waals surface area contributed by atoms with Crippen molar-refractivity contribution in [2.45, 2.75) is 26.3 Å². The third-order valence-electron chi connectivity index (χ3n) is 4.16. The maximum atomic E-state index is 12.7. The fourth-order valence-corrected chi connectivity index (χ4v) is 2.88. The molecule has 1 aliphatic carbocycles. The van der Waals surface area contributed by atoms with Gasteiger partial charge in [0.05, 0.1) is 12.2 Å². The Bertz CT molecular complexity index is 753. The van der Waals surface area contributed by atoms with Gasteiger partial charge in [-0.2, -0.15) is 0 Å². The van der Waals surface area contributed by atoms with E-state index in [1.807, 2.05) is 31.2 Å². The van der Waals surface area contributed by atoms with Crippen molar-refractivity contribution in [3.05, 3.63) is 64.5 Å². The number of pyridine rings is 1. The maximum Gasteiger partial charge on any atom is 0.254 e. The van der Waals surface area contributed by atoms with Crippen molar-refractivity contribution < 1.29 is 9.59 Å². The topological polar surface area (TPSA) is 50.3 Å². The zero-order valence-electron chi connectivity index (χ0n) is 12.8. The number of fused-ring (bicyclic) bond motifs is 1. The number of rotatable bonds is 3. The lowest BCUT2D eigenvalue weighted by molar-refractivity contribution is 0.0782. The lowest BCUT2D eigenvalue weighted by atomic mass is 10.0. The molecule has 0 spiro atoms. The van der Waals surface area contributed by atoms with Gasteiger partial charge in [-0.1, -0.05) is 18.2 Å². The molecule has 1 aromatic carbocycles. The van der Waals surface area contributed by atoms with Crippen molar-refractivity contribution in [2.24, 2.45) is 0 Å². The summed E-state index contributed by atoms with van der Waals surface area (Å²) in [6, 6.07) is 9.27. The van der Waals surface area contributed by atoms with E-state index in [0.29, 0.717) is 30.5 Å². The van der Waals surface area contributed by atoms with Crippen molar-refractivity contribution in [2.75, 3.05) is 7.05 Å². The molecule has 0 aliphatic heterocycles. The van der Waals surface area contributed by atoms with E-state index < -0.39 is 0 Å². The third-order valence-corrected chi connectivity index (χ3v) is 4.16. The minimum Gasteiger partial charge on any atom is -0.336 e. The molecule has 3 rings (SSSR count). The maximum absolute atomic E-state index is 12.7. The summed E-state index contributed by atoms with van der Waals surface area (Å²) in [5, 5.41) is 0. The zero-order valence-corrected chi connectivity index (χ0v) is 12.8. The average molecular weight is 294 g/mol. The fourth-order valence-electron chi connectivity index (χ4n) is 2.88. The van der Waals surface area contributed by atoms with E-state index in [9.17, 15) is 9.59 Å². The van der Waals surface area contributed by atoms with Crippen LogP contribution in [-0.4, -0.2) is 28.6 Å². The first kappa shape index (κ1) is 14.4. The van der Waals surface area contributed by atoms with E-state index in [4.69, 9.17) is 0 Å². The van der Waals surface area contributed by atoms with Crippen molar-refractivity contribution in [3.63, 3.8) is 0 Å². The number of hydrogen-bond acceptors (Lipinski definition) is 3. The minimum atomic E-state index is -0.0587. The zero-order chi connectivity index (χ0) is 15.7. The van der Waals surface area contributed by atoms with Crippen LogP contribution in [0.1, 0.15) is 44.0 Å². The SMILES string of the molecule is Cc1cccnc1CN(C)C(=O)c1cccc2c1CCC2=O. The van der Waals surface area contributed by atoms with Gasteiger partial charge in [0.1, 0.15) is 0 Å². The average Bonchev–Trinajstić information content (AvgIpc) is 2.90. The molecule has 0 saturated heterocycles. The summed E-state index contributed by atoms with van der Waals surface area (Å²) >= 11 is 0. The van der Waals surface area contributed by atoms with Crippen LogP contribution >= 0.6 is 0 Å². The lowest BCUT2D eigenvalue weighted by Crippen LogP contribution is -2.28. The molecule has 1 heterocycles. The van der Waals surface area contributed by atoms with Gasteiger partial charge in [0, 0.05) is 30.8 Å². The third kappa shape index (κ3) is 2.52. The molecule has 112 valence electrons. The van der Waals surface area contributed by atoms with Gasteiger partial charge in [0.25, 0.3) is 5.91 Å². The number of benzene rings is 1. The second-order valence-corrected chi connectivity index (χ2v) is 5.68. The molecule has 4 heteroatoms. The van der Waals surface area contributed by atoms with Crippen LogP contribution in [0.5, 0.6) is 0 Å². The van der Waals surface area contributed by atoms with Crippen LogP contribution in [0.25, 0.3) is 0 Å². The van der Waals surface area contributed by atoms with Crippen molar-refractivity contribution in [3.8, 4) is 0 Å². The second-order valence-electron chi connectivity index (χ2n) is 5.68. The Morgan fingerprint density at radius 1 is 1.23 bits per heavy atom. The molecule has 1 amide bonds. The van der Waals surface area contributed by atoms with Crippen LogP contribution in [0, 0.1) is 6.92 Å². The summed E-state index contributed by atoms with van der Waals surface area (Å²) in [4.78, 5) is 30.5. The Kier molecular flexibility index (Phi) is 3.75. The molecule has 0 unspecified atom stereocenters. The van der Waals surface area contributed by atoms with E-state index in [1.54, 1.807) is 24.2 Å². The number of nitrogens with zero attached hydrogens (tertiary/aromatic N) is 2.